The highest BCUT2D eigenvalue weighted by Gasteiger charge is 2.35. The molecule has 18 heavy (non-hydrogen) atoms. The van der Waals surface area contributed by atoms with Crippen molar-refractivity contribution in [1.82, 2.24) is 15.5 Å². The number of nitrogens with one attached hydrogen (secondary N) is 2. The number of hydrogen-bond acceptors (Lipinski definition) is 5. The first-order chi connectivity index (χ1) is 8.45. The maximum atomic E-state index is 12.2. The lowest BCUT2D eigenvalue weighted by molar-refractivity contribution is -0.138. The van der Waals surface area contributed by atoms with Crippen molar-refractivity contribution >= 4 is 22.4 Å². The van der Waals surface area contributed by atoms with Crippen LogP contribution in [0.1, 0.15) is 24.3 Å². The Morgan fingerprint density at radius 3 is 2.67 bits per heavy atom. The second-order valence-electron chi connectivity index (χ2n) is 3.93. The molecule has 1 fully saturated rings. The van der Waals surface area contributed by atoms with E-state index in [-0.39, 0.29) is 30.0 Å². The summed E-state index contributed by atoms with van der Waals surface area (Å²) in [6.07, 6.45) is -2.26. The minimum Gasteiger partial charge on any atom is -0.360 e. The SMILES string of the molecule is O=C(CCNc1nnc(C(F)(F)F)s1)NC1CC1. The maximum absolute atomic E-state index is 12.2. The fourth-order valence-corrected chi connectivity index (χ4v) is 1.86. The minimum atomic E-state index is -4.47. The number of nitrogens with zero attached hydrogens (tertiary/aromatic N) is 2. The molecule has 0 aromatic carbocycles. The van der Waals surface area contributed by atoms with Crippen LogP contribution in [0, 0.1) is 0 Å². The van der Waals surface area contributed by atoms with Crippen molar-refractivity contribution in [3.05, 3.63) is 5.01 Å². The molecule has 1 aliphatic carbocycles. The van der Waals surface area contributed by atoms with Gasteiger partial charge in [0.25, 0.3) is 0 Å². The van der Waals surface area contributed by atoms with Gasteiger partial charge in [-0.1, -0.05) is 11.3 Å². The van der Waals surface area contributed by atoms with Crippen LogP contribution in [-0.4, -0.2) is 28.7 Å². The second-order valence-corrected chi connectivity index (χ2v) is 4.91. The Balaban J connectivity index is 1.72. The van der Waals surface area contributed by atoms with E-state index >= 15 is 0 Å². The van der Waals surface area contributed by atoms with Gasteiger partial charge < -0.3 is 10.6 Å². The van der Waals surface area contributed by atoms with Gasteiger partial charge in [-0.25, -0.2) is 0 Å². The summed E-state index contributed by atoms with van der Waals surface area (Å²) in [7, 11) is 0. The van der Waals surface area contributed by atoms with Crippen molar-refractivity contribution in [2.24, 2.45) is 0 Å². The smallest absolute Gasteiger partial charge is 0.360 e. The molecule has 9 heteroatoms. The molecule has 1 aromatic rings. The molecule has 0 aliphatic heterocycles. The van der Waals surface area contributed by atoms with Gasteiger partial charge in [0.2, 0.25) is 16.0 Å². The van der Waals surface area contributed by atoms with E-state index in [9.17, 15) is 18.0 Å². The van der Waals surface area contributed by atoms with Crippen LogP contribution in [0.2, 0.25) is 0 Å². The summed E-state index contributed by atoms with van der Waals surface area (Å²) in [6.45, 7) is 0.241. The van der Waals surface area contributed by atoms with Gasteiger partial charge in [0.15, 0.2) is 0 Å². The van der Waals surface area contributed by atoms with E-state index in [1.165, 1.54) is 0 Å². The normalized spacial score (nSPS) is 15.5. The minimum absolute atomic E-state index is 0.0709. The first-order valence-corrected chi connectivity index (χ1v) is 6.21. The summed E-state index contributed by atoms with van der Waals surface area (Å²) in [5, 5.41) is 10.9. The Morgan fingerprint density at radius 1 is 1.39 bits per heavy atom. The number of carbonyl (C=O) groups excluding carboxylic acids is 1. The number of rotatable bonds is 5. The summed E-state index contributed by atoms with van der Waals surface area (Å²) < 4.78 is 36.7. The number of alkyl halides is 3. The number of hydrogen-bond donors (Lipinski definition) is 2. The molecule has 100 valence electrons. The number of aromatic nitrogens is 2. The van der Waals surface area contributed by atoms with Crippen LogP contribution in [0.5, 0.6) is 0 Å². The highest BCUT2D eigenvalue weighted by molar-refractivity contribution is 7.15. The number of halogens is 3. The van der Waals surface area contributed by atoms with E-state index in [0.29, 0.717) is 11.3 Å². The summed E-state index contributed by atoms with van der Waals surface area (Å²) in [6, 6.07) is 0.288. The third kappa shape index (κ3) is 3.83. The summed E-state index contributed by atoms with van der Waals surface area (Å²) >= 11 is 0.428. The van der Waals surface area contributed by atoms with Crippen LogP contribution in [-0.2, 0) is 11.0 Å². The monoisotopic (exact) mass is 280 g/mol. The van der Waals surface area contributed by atoms with Crippen LogP contribution in [0.25, 0.3) is 0 Å². The number of amides is 1. The Morgan fingerprint density at radius 2 is 2.11 bits per heavy atom. The van der Waals surface area contributed by atoms with E-state index < -0.39 is 11.2 Å². The summed E-state index contributed by atoms with van der Waals surface area (Å²) in [5.41, 5.74) is 0. The number of anilines is 1. The Bertz CT molecular complexity index is 430. The fraction of sp³-hybridized carbons (Fsp3) is 0.667. The topological polar surface area (TPSA) is 66.9 Å². The third-order valence-electron chi connectivity index (χ3n) is 2.24. The lowest BCUT2D eigenvalue weighted by atomic mass is 10.4. The molecule has 0 spiro atoms. The van der Waals surface area contributed by atoms with Crippen LogP contribution < -0.4 is 10.6 Å². The molecule has 1 aliphatic rings. The molecule has 2 N–H and O–H groups in total. The maximum Gasteiger partial charge on any atom is 0.445 e. The second kappa shape index (κ2) is 5.09. The van der Waals surface area contributed by atoms with Crippen molar-refractivity contribution in [3.63, 3.8) is 0 Å². The van der Waals surface area contributed by atoms with Gasteiger partial charge in [0, 0.05) is 19.0 Å². The Kier molecular flexibility index (Phi) is 3.69. The molecular weight excluding hydrogens is 269 g/mol. The quantitative estimate of drug-likeness (QED) is 0.860. The van der Waals surface area contributed by atoms with Crippen LogP contribution in [0.15, 0.2) is 0 Å². The molecule has 0 saturated heterocycles. The molecular formula is C9H11F3N4OS. The first kappa shape index (κ1) is 13.1. The van der Waals surface area contributed by atoms with Gasteiger partial charge in [0.1, 0.15) is 0 Å². The van der Waals surface area contributed by atoms with Gasteiger partial charge in [-0.2, -0.15) is 13.2 Å². The van der Waals surface area contributed by atoms with E-state index in [1.807, 2.05) is 0 Å². The fourth-order valence-electron chi connectivity index (χ4n) is 1.22. The zero-order chi connectivity index (χ0) is 13.2. The first-order valence-electron chi connectivity index (χ1n) is 5.39. The van der Waals surface area contributed by atoms with Gasteiger partial charge in [-0.3, -0.25) is 4.79 Å². The molecule has 0 radical (unpaired) electrons. The zero-order valence-electron chi connectivity index (χ0n) is 9.25. The van der Waals surface area contributed by atoms with Crippen molar-refractivity contribution in [1.29, 1.82) is 0 Å². The highest BCUT2D eigenvalue weighted by atomic mass is 32.1. The molecule has 1 saturated carbocycles. The predicted octanol–water partition coefficient (Wildman–Crippen LogP) is 1.64. The lowest BCUT2D eigenvalue weighted by Gasteiger charge is -2.03. The molecule has 1 aromatic heterocycles. The van der Waals surface area contributed by atoms with E-state index in [0.717, 1.165) is 12.8 Å². The predicted molar refractivity (Wildman–Crippen MR) is 59.2 cm³/mol. The van der Waals surface area contributed by atoms with Gasteiger partial charge >= 0.3 is 6.18 Å². The van der Waals surface area contributed by atoms with Crippen LogP contribution in [0.3, 0.4) is 0 Å². The third-order valence-corrected chi connectivity index (χ3v) is 3.16. The standard InChI is InChI=1S/C9H11F3N4OS/c10-9(11,12)7-15-16-8(18-7)13-4-3-6(17)14-5-1-2-5/h5H,1-4H2,(H,13,16)(H,14,17). The molecule has 2 rings (SSSR count). The summed E-state index contributed by atoms with van der Waals surface area (Å²) in [4.78, 5) is 11.3. The van der Waals surface area contributed by atoms with Crippen molar-refractivity contribution in [2.45, 2.75) is 31.5 Å². The van der Waals surface area contributed by atoms with Gasteiger partial charge in [-0.15, -0.1) is 10.2 Å². The van der Waals surface area contributed by atoms with E-state index in [1.54, 1.807) is 0 Å². The Labute approximate surface area is 105 Å². The highest BCUT2D eigenvalue weighted by Crippen LogP contribution is 2.32. The molecule has 0 atom stereocenters. The largest absolute Gasteiger partial charge is 0.445 e. The van der Waals surface area contributed by atoms with Gasteiger partial charge in [-0.05, 0) is 12.8 Å². The van der Waals surface area contributed by atoms with Crippen molar-refractivity contribution in [3.8, 4) is 0 Å². The van der Waals surface area contributed by atoms with Crippen LogP contribution in [0.4, 0.5) is 18.3 Å². The molecule has 0 unspecified atom stereocenters. The van der Waals surface area contributed by atoms with Crippen molar-refractivity contribution in [2.75, 3.05) is 11.9 Å². The van der Waals surface area contributed by atoms with Gasteiger partial charge in [0.05, 0.1) is 0 Å². The van der Waals surface area contributed by atoms with E-state index in [4.69, 9.17) is 0 Å². The average Bonchev–Trinajstić information content (AvgIpc) is 2.93. The Hall–Kier alpha value is -1.38. The van der Waals surface area contributed by atoms with Crippen LogP contribution >= 0.6 is 11.3 Å². The molecule has 1 heterocycles. The molecule has 1 amide bonds. The molecule has 5 nitrogen and oxygen atoms in total. The van der Waals surface area contributed by atoms with E-state index in [2.05, 4.69) is 20.8 Å². The number of carbonyl (C=O) groups is 1. The molecule has 0 bridgehead atoms. The zero-order valence-corrected chi connectivity index (χ0v) is 10.1. The lowest BCUT2D eigenvalue weighted by Crippen LogP contribution is -2.27. The van der Waals surface area contributed by atoms with Crippen molar-refractivity contribution < 1.29 is 18.0 Å². The average molecular weight is 280 g/mol. The summed E-state index contributed by atoms with van der Waals surface area (Å²) in [5.74, 6) is -0.106.